The van der Waals surface area contributed by atoms with Gasteiger partial charge < -0.3 is 15.6 Å². The van der Waals surface area contributed by atoms with E-state index in [2.05, 4.69) is 20.4 Å². The highest BCUT2D eigenvalue weighted by molar-refractivity contribution is 5.91. The molecule has 0 bridgehead atoms. The zero-order valence-corrected chi connectivity index (χ0v) is 9.17. The van der Waals surface area contributed by atoms with E-state index >= 15 is 0 Å². The lowest BCUT2D eigenvalue weighted by molar-refractivity contribution is 0.0995. The third kappa shape index (κ3) is 2.77. The standard InChI is InChI=1S/C10H11N5O2/c1-6-14-9(15-17-6)5-13-7-2-3-12-8(4-7)10(11)16/h2-4H,5H2,1H3,(H2,11,16)(H,12,13). The maximum Gasteiger partial charge on any atom is 0.267 e. The highest BCUT2D eigenvalue weighted by atomic mass is 16.5. The molecule has 1 amide bonds. The van der Waals surface area contributed by atoms with Gasteiger partial charge in [-0.3, -0.25) is 9.78 Å². The molecule has 7 nitrogen and oxygen atoms in total. The van der Waals surface area contributed by atoms with Crippen molar-refractivity contribution >= 4 is 11.6 Å². The van der Waals surface area contributed by atoms with Crippen LogP contribution in [0.25, 0.3) is 0 Å². The molecule has 0 fully saturated rings. The molecule has 2 aromatic heterocycles. The van der Waals surface area contributed by atoms with Crippen LogP contribution in [0.5, 0.6) is 0 Å². The van der Waals surface area contributed by atoms with E-state index in [1.165, 1.54) is 6.20 Å². The molecule has 0 saturated carbocycles. The summed E-state index contributed by atoms with van der Waals surface area (Å²) < 4.78 is 4.83. The summed E-state index contributed by atoms with van der Waals surface area (Å²) in [6.45, 7) is 2.12. The van der Waals surface area contributed by atoms with Crippen molar-refractivity contribution in [2.75, 3.05) is 5.32 Å². The van der Waals surface area contributed by atoms with Crippen LogP contribution in [0.15, 0.2) is 22.9 Å². The van der Waals surface area contributed by atoms with Gasteiger partial charge in [-0.1, -0.05) is 5.16 Å². The smallest absolute Gasteiger partial charge is 0.267 e. The van der Waals surface area contributed by atoms with Crippen molar-refractivity contribution in [1.82, 2.24) is 15.1 Å². The maximum absolute atomic E-state index is 10.9. The number of rotatable bonds is 4. The molecule has 0 unspecified atom stereocenters. The van der Waals surface area contributed by atoms with Gasteiger partial charge >= 0.3 is 0 Å². The van der Waals surface area contributed by atoms with Crippen molar-refractivity contribution in [2.45, 2.75) is 13.5 Å². The number of aryl methyl sites for hydroxylation is 1. The minimum atomic E-state index is -0.566. The Balaban J connectivity index is 2.04. The highest BCUT2D eigenvalue weighted by Gasteiger charge is 2.04. The minimum Gasteiger partial charge on any atom is -0.377 e. The summed E-state index contributed by atoms with van der Waals surface area (Å²) >= 11 is 0. The van der Waals surface area contributed by atoms with E-state index in [0.717, 1.165) is 5.69 Å². The lowest BCUT2D eigenvalue weighted by Crippen LogP contribution is -2.13. The molecule has 2 heterocycles. The second-order valence-electron chi connectivity index (χ2n) is 3.38. The monoisotopic (exact) mass is 233 g/mol. The average molecular weight is 233 g/mol. The van der Waals surface area contributed by atoms with Crippen LogP contribution in [-0.2, 0) is 6.54 Å². The Kier molecular flexibility index (Phi) is 2.99. The molecule has 0 saturated heterocycles. The number of nitrogens with zero attached hydrogens (tertiary/aromatic N) is 3. The fraction of sp³-hybridized carbons (Fsp3) is 0.200. The van der Waals surface area contributed by atoms with E-state index < -0.39 is 5.91 Å². The second-order valence-corrected chi connectivity index (χ2v) is 3.38. The number of pyridine rings is 1. The molecule has 0 aliphatic heterocycles. The molecular weight excluding hydrogens is 222 g/mol. The fourth-order valence-corrected chi connectivity index (χ4v) is 1.27. The van der Waals surface area contributed by atoms with Gasteiger partial charge in [-0.2, -0.15) is 4.98 Å². The summed E-state index contributed by atoms with van der Waals surface area (Å²) in [6.07, 6.45) is 1.50. The van der Waals surface area contributed by atoms with Gasteiger partial charge in [0.15, 0.2) is 5.82 Å². The number of nitrogens with one attached hydrogen (secondary N) is 1. The zero-order valence-electron chi connectivity index (χ0n) is 9.17. The summed E-state index contributed by atoms with van der Waals surface area (Å²) in [5.74, 6) is 0.485. The summed E-state index contributed by atoms with van der Waals surface area (Å²) in [5.41, 5.74) is 6.05. The summed E-state index contributed by atoms with van der Waals surface area (Å²) in [6, 6.07) is 3.29. The Labute approximate surface area is 97.0 Å². The van der Waals surface area contributed by atoms with E-state index in [0.29, 0.717) is 18.3 Å². The number of hydrogen-bond acceptors (Lipinski definition) is 6. The van der Waals surface area contributed by atoms with Crippen LogP contribution in [0.4, 0.5) is 5.69 Å². The van der Waals surface area contributed by atoms with E-state index in [9.17, 15) is 4.79 Å². The number of nitrogens with two attached hydrogens (primary N) is 1. The molecule has 3 N–H and O–H groups in total. The largest absolute Gasteiger partial charge is 0.377 e. The van der Waals surface area contributed by atoms with Crippen molar-refractivity contribution in [3.63, 3.8) is 0 Å². The normalized spacial score (nSPS) is 10.2. The SMILES string of the molecule is Cc1nc(CNc2ccnc(C(N)=O)c2)no1. The Bertz CT molecular complexity index is 537. The molecule has 0 aliphatic carbocycles. The van der Waals surface area contributed by atoms with Crippen LogP contribution in [0, 0.1) is 6.92 Å². The van der Waals surface area contributed by atoms with Crippen LogP contribution in [0.1, 0.15) is 22.2 Å². The third-order valence-corrected chi connectivity index (χ3v) is 2.03. The molecule has 0 spiro atoms. The molecule has 0 radical (unpaired) electrons. The van der Waals surface area contributed by atoms with E-state index in [-0.39, 0.29) is 5.69 Å². The van der Waals surface area contributed by atoms with Gasteiger partial charge in [0.05, 0.1) is 6.54 Å². The summed E-state index contributed by atoms with van der Waals surface area (Å²) in [7, 11) is 0. The van der Waals surface area contributed by atoms with Gasteiger partial charge in [0.1, 0.15) is 5.69 Å². The predicted octanol–water partition coefficient (Wildman–Crippen LogP) is 0.484. The topological polar surface area (TPSA) is 107 Å². The first kappa shape index (κ1) is 11.1. The van der Waals surface area contributed by atoms with Crippen molar-refractivity contribution in [3.8, 4) is 0 Å². The zero-order chi connectivity index (χ0) is 12.3. The Hall–Kier alpha value is -2.44. The second kappa shape index (κ2) is 4.60. The first-order valence-corrected chi connectivity index (χ1v) is 4.94. The minimum absolute atomic E-state index is 0.208. The number of anilines is 1. The molecule has 2 rings (SSSR count). The molecule has 17 heavy (non-hydrogen) atoms. The van der Waals surface area contributed by atoms with Crippen LogP contribution < -0.4 is 11.1 Å². The predicted molar refractivity (Wildman–Crippen MR) is 59.1 cm³/mol. The van der Waals surface area contributed by atoms with Crippen LogP contribution in [0.3, 0.4) is 0 Å². The first-order chi connectivity index (χ1) is 8.15. The molecule has 7 heteroatoms. The van der Waals surface area contributed by atoms with Crippen molar-refractivity contribution in [3.05, 3.63) is 35.7 Å². The van der Waals surface area contributed by atoms with Gasteiger partial charge in [0.2, 0.25) is 5.89 Å². The van der Waals surface area contributed by atoms with Crippen LogP contribution in [-0.4, -0.2) is 21.0 Å². The Morgan fingerprint density at radius 1 is 1.59 bits per heavy atom. The number of aromatic nitrogens is 3. The van der Waals surface area contributed by atoms with Gasteiger partial charge in [0.25, 0.3) is 5.91 Å². The van der Waals surface area contributed by atoms with Crippen LogP contribution in [0.2, 0.25) is 0 Å². The Morgan fingerprint density at radius 3 is 3.06 bits per heavy atom. The molecule has 0 aromatic carbocycles. The number of carbonyl (C=O) groups is 1. The van der Waals surface area contributed by atoms with Gasteiger partial charge in [-0.15, -0.1) is 0 Å². The first-order valence-electron chi connectivity index (χ1n) is 4.94. The van der Waals surface area contributed by atoms with E-state index in [4.69, 9.17) is 10.3 Å². The lowest BCUT2D eigenvalue weighted by atomic mass is 10.3. The Morgan fingerprint density at radius 2 is 2.41 bits per heavy atom. The maximum atomic E-state index is 10.9. The number of primary amides is 1. The van der Waals surface area contributed by atoms with Crippen molar-refractivity contribution < 1.29 is 9.32 Å². The fourth-order valence-electron chi connectivity index (χ4n) is 1.27. The molecule has 88 valence electrons. The number of hydrogen-bond donors (Lipinski definition) is 2. The van der Waals surface area contributed by atoms with Gasteiger partial charge in [-0.05, 0) is 12.1 Å². The van der Waals surface area contributed by atoms with Crippen LogP contribution >= 0.6 is 0 Å². The summed E-state index contributed by atoms with van der Waals surface area (Å²) in [4.78, 5) is 18.8. The van der Waals surface area contributed by atoms with Crippen molar-refractivity contribution in [1.29, 1.82) is 0 Å². The van der Waals surface area contributed by atoms with Gasteiger partial charge in [-0.25, -0.2) is 0 Å². The number of amides is 1. The highest BCUT2D eigenvalue weighted by Crippen LogP contribution is 2.08. The molecule has 0 atom stereocenters. The molecule has 2 aromatic rings. The quantitative estimate of drug-likeness (QED) is 0.795. The average Bonchev–Trinajstić information content (AvgIpc) is 2.73. The number of carbonyl (C=O) groups excluding carboxylic acids is 1. The third-order valence-electron chi connectivity index (χ3n) is 2.03. The van der Waals surface area contributed by atoms with Gasteiger partial charge in [0, 0.05) is 18.8 Å². The van der Waals surface area contributed by atoms with E-state index in [1.807, 2.05) is 0 Å². The summed E-state index contributed by atoms with van der Waals surface area (Å²) in [5, 5.41) is 6.77. The molecular formula is C10H11N5O2. The molecule has 0 aliphatic rings. The van der Waals surface area contributed by atoms with Crippen molar-refractivity contribution in [2.24, 2.45) is 5.73 Å². The lowest BCUT2D eigenvalue weighted by Gasteiger charge is -2.03. The van der Waals surface area contributed by atoms with E-state index in [1.54, 1.807) is 19.1 Å².